The van der Waals surface area contributed by atoms with Crippen molar-refractivity contribution in [2.24, 2.45) is 0 Å². The van der Waals surface area contributed by atoms with E-state index >= 15 is 0 Å². The van der Waals surface area contributed by atoms with Crippen LogP contribution >= 0.6 is 0 Å². The Balaban J connectivity index is 1.54. The molecule has 1 N–H and O–H groups in total. The zero-order valence-corrected chi connectivity index (χ0v) is 17.5. The first-order valence-electron chi connectivity index (χ1n) is 10.5. The number of nitrogens with zero attached hydrogens (tertiary/aromatic N) is 7. The van der Waals surface area contributed by atoms with Crippen LogP contribution in [0.5, 0.6) is 0 Å². The van der Waals surface area contributed by atoms with Gasteiger partial charge in [-0.3, -0.25) is 13.9 Å². The van der Waals surface area contributed by atoms with Gasteiger partial charge in [-0.05, 0) is 13.3 Å². The molecule has 5 heterocycles. The first kappa shape index (κ1) is 20.7. The van der Waals surface area contributed by atoms with Gasteiger partial charge in [-0.1, -0.05) is 0 Å². The lowest BCUT2D eigenvalue weighted by Gasteiger charge is -2.40. The Bertz CT molecular complexity index is 1150. The SMILES string of the molecule is C[C@H]1CCN1c1nc(-c2cnn(CC(=O)N3CCNCC3)c2)c(C(F)(F)F)n2ccnc12. The van der Waals surface area contributed by atoms with E-state index in [9.17, 15) is 18.0 Å². The van der Waals surface area contributed by atoms with Crippen LogP contribution in [-0.4, -0.2) is 73.7 Å². The van der Waals surface area contributed by atoms with E-state index in [-0.39, 0.29) is 35.4 Å². The summed E-state index contributed by atoms with van der Waals surface area (Å²) in [4.78, 5) is 24.8. The average Bonchev–Trinajstić information content (AvgIpc) is 3.42. The molecule has 12 heteroatoms. The molecule has 2 saturated heterocycles. The van der Waals surface area contributed by atoms with Gasteiger partial charge in [0, 0.05) is 62.9 Å². The summed E-state index contributed by atoms with van der Waals surface area (Å²) in [5.41, 5.74) is -0.753. The predicted molar refractivity (Wildman–Crippen MR) is 110 cm³/mol. The molecule has 32 heavy (non-hydrogen) atoms. The summed E-state index contributed by atoms with van der Waals surface area (Å²) in [7, 11) is 0. The highest BCUT2D eigenvalue weighted by Gasteiger charge is 2.40. The lowest BCUT2D eigenvalue weighted by atomic mass is 10.1. The van der Waals surface area contributed by atoms with Gasteiger partial charge in [0.1, 0.15) is 12.2 Å². The van der Waals surface area contributed by atoms with Crippen LogP contribution in [0.1, 0.15) is 19.0 Å². The molecule has 0 bridgehead atoms. The van der Waals surface area contributed by atoms with E-state index in [0.717, 1.165) is 23.9 Å². The van der Waals surface area contributed by atoms with Gasteiger partial charge < -0.3 is 15.1 Å². The van der Waals surface area contributed by atoms with Crippen molar-refractivity contribution in [3.63, 3.8) is 0 Å². The number of rotatable bonds is 4. The summed E-state index contributed by atoms with van der Waals surface area (Å²) in [6, 6.07) is 0.173. The molecule has 1 amide bonds. The van der Waals surface area contributed by atoms with Gasteiger partial charge >= 0.3 is 6.18 Å². The standard InChI is InChI=1S/C20H23F3N8O/c1-13-2-6-30(13)19-18-25-5-9-31(18)17(20(21,22)23)16(27-19)14-10-26-29(11-14)12-15(32)28-7-3-24-4-8-28/h5,9-11,13,24H,2-4,6-8,12H2,1H3/t13-/m0/s1. The number of halogens is 3. The Labute approximate surface area is 181 Å². The Morgan fingerprint density at radius 1 is 1.25 bits per heavy atom. The molecule has 170 valence electrons. The van der Waals surface area contributed by atoms with E-state index in [4.69, 9.17) is 0 Å². The number of anilines is 1. The van der Waals surface area contributed by atoms with Crippen LogP contribution in [0, 0.1) is 0 Å². The maximum Gasteiger partial charge on any atom is 0.433 e. The van der Waals surface area contributed by atoms with Gasteiger partial charge in [0.15, 0.2) is 17.2 Å². The smallest absolute Gasteiger partial charge is 0.351 e. The second-order valence-corrected chi connectivity index (χ2v) is 8.14. The minimum atomic E-state index is -4.65. The van der Waals surface area contributed by atoms with Crippen molar-refractivity contribution in [1.29, 1.82) is 0 Å². The second kappa shape index (κ2) is 7.76. The van der Waals surface area contributed by atoms with Crippen molar-refractivity contribution >= 4 is 17.4 Å². The molecular formula is C20H23F3N8O. The summed E-state index contributed by atoms with van der Waals surface area (Å²) >= 11 is 0. The summed E-state index contributed by atoms with van der Waals surface area (Å²) in [6.45, 7) is 5.31. The number of hydrogen-bond acceptors (Lipinski definition) is 6. The minimum absolute atomic E-state index is 0.0370. The van der Waals surface area contributed by atoms with Crippen LogP contribution in [0.4, 0.5) is 19.0 Å². The van der Waals surface area contributed by atoms with Crippen LogP contribution in [0.15, 0.2) is 24.8 Å². The lowest BCUT2D eigenvalue weighted by molar-refractivity contribution is -0.141. The summed E-state index contributed by atoms with van der Waals surface area (Å²) < 4.78 is 44.7. The van der Waals surface area contributed by atoms with Crippen molar-refractivity contribution in [2.45, 2.75) is 32.1 Å². The van der Waals surface area contributed by atoms with Gasteiger partial charge in [0.2, 0.25) is 5.91 Å². The van der Waals surface area contributed by atoms with Gasteiger partial charge in [-0.15, -0.1) is 0 Å². The Morgan fingerprint density at radius 3 is 2.69 bits per heavy atom. The number of fused-ring (bicyclic) bond motifs is 1. The van der Waals surface area contributed by atoms with Gasteiger partial charge in [0.05, 0.1) is 6.20 Å². The number of hydrogen-bond donors (Lipinski definition) is 1. The molecule has 2 aliphatic heterocycles. The Hall–Kier alpha value is -3.15. The van der Waals surface area contributed by atoms with Gasteiger partial charge in [-0.25, -0.2) is 9.97 Å². The van der Waals surface area contributed by atoms with Crippen molar-refractivity contribution in [1.82, 2.24) is 34.4 Å². The Kier molecular flexibility index (Phi) is 5.03. The van der Waals surface area contributed by atoms with Crippen LogP contribution < -0.4 is 10.2 Å². The fourth-order valence-electron chi connectivity index (χ4n) is 4.19. The highest BCUT2D eigenvalue weighted by atomic mass is 19.4. The van der Waals surface area contributed by atoms with Crippen LogP contribution in [-0.2, 0) is 17.5 Å². The number of nitrogens with one attached hydrogen (secondary N) is 1. The molecular weight excluding hydrogens is 425 g/mol. The van der Waals surface area contributed by atoms with Crippen LogP contribution in [0.25, 0.3) is 16.9 Å². The number of carbonyl (C=O) groups is 1. The molecule has 0 unspecified atom stereocenters. The minimum Gasteiger partial charge on any atom is -0.351 e. The van der Waals surface area contributed by atoms with E-state index in [1.807, 2.05) is 11.8 Å². The molecule has 0 spiro atoms. The molecule has 0 aliphatic carbocycles. The highest BCUT2D eigenvalue weighted by Crippen LogP contribution is 2.39. The third-order valence-electron chi connectivity index (χ3n) is 6.06. The molecule has 5 rings (SSSR count). The predicted octanol–water partition coefficient (Wildman–Crippen LogP) is 1.64. The van der Waals surface area contributed by atoms with E-state index in [0.29, 0.717) is 25.5 Å². The monoisotopic (exact) mass is 448 g/mol. The molecule has 1 atom stereocenters. The van der Waals surface area contributed by atoms with E-state index in [1.54, 1.807) is 4.90 Å². The van der Waals surface area contributed by atoms with Crippen molar-refractivity contribution in [3.8, 4) is 11.3 Å². The number of imidazole rings is 1. The normalized spacial score (nSPS) is 19.4. The van der Waals surface area contributed by atoms with E-state index < -0.39 is 11.9 Å². The van der Waals surface area contributed by atoms with Gasteiger partial charge in [-0.2, -0.15) is 18.3 Å². The zero-order valence-electron chi connectivity index (χ0n) is 17.5. The fourth-order valence-corrected chi connectivity index (χ4v) is 4.19. The third-order valence-corrected chi connectivity index (χ3v) is 6.06. The van der Waals surface area contributed by atoms with Crippen LogP contribution in [0.3, 0.4) is 0 Å². The largest absolute Gasteiger partial charge is 0.433 e. The molecule has 0 radical (unpaired) electrons. The second-order valence-electron chi connectivity index (χ2n) is 8.14. The first-order valence-corrected chi connectivity index (χ1v) is 10.5. The topological polar surface area (TPSA) is 83.6 Å². The quantitative estimate of drug-likeness (QED) is 0.654. The summed E-state index contributed by atoms with van der Waals surface area (Å²) in [5, 5.41) is 7.33. The maximum atomic E-state index is 14.1. The summed E-state index contributed by atoms with van der Waals surface area (Å²) in [5.74, 6) is 0.298. The number of alkyl halides is 3. The van der Waals surface area contributed by atoms with Crippen molar-refractivity contribution in [2.75, 3.05) is 37.6 Å². The zero-order chi connectivity index (χ0) is 22.5. The molecule has 0 aromatic carbocycles. The number of carbonyl (C=O) groups excluding carboxylic acids is 1. The first-order chi connectivity index (χ1) is 15.3. The molecule has 0 saturated carbocycles. The maximum absolute atomic E-state index is 14.1. The number of amides is 1. The molecule has 9 nitrogen and oxygen atoms in total. The third kappa shape index (κ3) is 3.57. The van der Waals surface area contributed by atoms with Crippen LogP contribution in [0.2, 0.25) is 0 Å². The van der Waals surface area contributed by atoms with Crippen molar-refractivity contribution in [3.05, 3.63) is 30.5 Å². The van der Waals surface area contributed by atoms with Crippen molar-refractivity contribution < 1.29 is 18.0 Å². The Morgan fingerprint density at radius 2 is 2.03 bits per heavy atom. The fraction of sp³-hybridized carbons (Fsp3) is 0.500. The molecule has 2 aliphatic rings. The van der Waals surface area contributed by atoms with E-state index in [1.165, 1.54) is 29.5 Å². The average molecular weight is 448 g/mol. The van der Waals surface area contributed by atoms with E-state index in [2.05, 4.69) is 20.4 Å². The summed E-state index contributed by atoms with van der Waals surface area (Å²) in [6.07, 6.45) is 1.71. The highest BCUT2D eigenvalue weighted by molar-refractivity contribution is 5.77. The number of aromatic nitrogens is 5. The molecule has 2 fully saturated rings. The lowest BCUT2D eigenvalue weighted by Crippen LogP contribution is -2.47. The molecule has 3 aromatic heterocycles. The van der Waals surface area contributed by atoms with Gasteiger partial charge in [0.25, 0.3) is 0 Å². The molecule has 3 aromatic rings. The number of piperazine rings is 1.